The lowest BCUT2D eigenvalue weighted by atomic mass is 10.2. The van der Waals surface area contributed by atoms with Crippen LogP contribution in [0.1, 0.15) is 37.5 Å². The van der Waals surface area contributed by atoms with Crippen LogP contribution in [0, 0.1) is 6.92 Å². The highest BCUT2D eigenvalue weighted by molar-refractivity contribution is 4.96. The van der Waals surface area contributed by atoms with Crippen molar-refractivity contribution in [1.29, 1.82) is 0 Å². The van der Waals surface area contributed by atoms with Gasteiger partial charge in [-0.1, -0.05) is 13.3 Å². The fraction of sp³-hybridized carbons (Fsp3) is 0.750. The number of hydrogen-bond donors (Lipinski definition) is 1. The summed E-state index contributed by atoms with van der Waals surface area (Å²) < 4.78 is 1.76. The second-order valence-corrected chi connectivity index (χ2v) is 3.04. The minimum absolute atomic E-state index is 0.0289. The summed E-state index contributed by atoms with van der Waals surface area (Å²) in [7, 11) is 1.88. The molecular formula is C8H16N4. The molecular weight excluding hydrogens is 152 g/mol. The maximum absolute atomic E-state index is 5.90. The maximum Gasteiger partial charge on any atom is 0.147 e. The Balaban J connectivity index is 2.79. The number of aromatic nitrogens is 3. The highest BCUT2D eigenvalue weighted by Gasteiger charge is 2.11. The summed E-state index contributed by atoms with van der Waals surface area (Å²) in [5.41, 5.74) is 5.90. The average molecular weight is 168 g/mol. The molecule has 0 amide bonds. The smallest absolute Gasteiger partial charge is 0.147 e. The summed E-state index contributed by atoms with van der Waals surface area (Å²) in [6.07, 6.45) is 2.04. The zero-order valence-electron chi connectivity index (χ0n) is 7.91. The van der Waals surface area contributed by atoms with Crippen LogP contribution in [0.25, 0.3) is 0 Å². The van der Waals surface area contributed by atoms with Gasteiger partial charge in [-0.05, 0) is 13.3 Å². The number of nitrogens with zero attached hydrogens (tertiary/aromatic N) is 3. The number of aryl methyl sites for hydroxylation is 2. The Morgan fingerprint density at radius 1 is 1.58 bits per heavy atom. The Hall–Kier alpha value is -0.900. The highest BCUT2D eigenvalue weighted by atomic mass is 15.3. The molecule has 1 rings (SSSR count). The van der Waals surface area contributed by atoms with Crippen LogP contribution >= 0.6 is 0 Å². The van der Waals surface area contributed by atoms with E-state index >= 15 is 0 Å². The van der Waals surface area contributed by atoms with Crippen molar-refractivity contribution in [2.24, 2.45) is 12.8 Å². The van der Waals surface area contributed by atoms with Crippen LogP contribution in [0.3, 0.4) is 0 Å². The lowest BCUT2D eigenvalue weighted by Gasteiger charge is -2.07. The van der Waals surface area contributed by atoms with Crippen molar-refractivity contribution in [3.05, 3.63) is 11.6 Å². The minimum Gasteiger partial charge on any atom is -0.321 e. The van der Waals surface area contributed by atoms with E-state index in [2.05, 4.69) is 17.0 Å². The first-order valence-corrected chi connectivity index (χ1v) is 4.28. The highest BCUT2D eigenvalue weighted by Crippen LogP contribution is 2.12. The third kappa shape index (κ3) is 1.82. The van der Waals surface area contributed by atoms with E-state index in [-0.39, 0.29) is 6.04 Å². The third-order valence-electron chi connectivity index (χ3n) is 1.83. The molecule has 12 heavy (non-hydrogen) atoms. The number of rotatable bonds is 3. The van der Waals surface area contributed by atoms with Gasteiger partial charge in [0.25, 0.3) is 0 Å². The summed E-state index contributed by atoms with van der Waals surface area (Å²) in [5, 5.41) is 4.14. The van der Waals surface area contributed by atoms with E-state index in [1.807, 2.05) is 14.0 Å². The largest absolute Gasteiger partial charge is 0.321 e. The minimum atomic E-state index is 0.0289. The first kappa shape index (κ1) is 9.19. The molecule has 1 aromatic heterocycles. The molecule has 0 aliphatic carbocycles. The van der Waals surface area contributed by atoms with E-state index in [4.69, 9.17) is 5.73 Å². The molecule has 2 N–H and O–H groups in total. The molecule has 1 heterocycles. The summed E-state index contributed by atoms with van der Waals surface area (Å²) >= 11 is 0. The third-order valence-corrected chi connectivity index (χ3v) is 1.83. The van der Waals surface area contributed by atoms with Gasteiger partial charge < -0.3 is 5.73 Å². The van der Waals surface area contributed by atoms with E-state index in [1.165, 1.54) is 0 Å². The molecule has 0 radical (unpaired) electrons. The van der Waals surface area contributed by atoms with E-state index in [9.17, 15) is 0 Å². The summed E-state index contributed by atoms with van der Waals surface area (Å²) in [5.74, 6) is 1.67. The second kappa shape index (κ2) is 3.67. The van der Waals surface area contributed by atoms with E-state index in [1.54, 1.807) is 4.68 Å². The molecule has 4 nitrogen and oxygen atoms in total. The molecule has 1 aromatic rings. The van der Waals surface area contributed by atoms with E-state index < -0.39 is 0 Å². The average Bonchev–Trinajstić information content (AvgIpc) is 2.30. The van der Waals surface area contributed by atoms with E-state index in [0.717, 1.165) is 24.5 Å². The Kier molecular flexibility index (Phi) is 2.81. The first-order valence-electron chi connectivity index (χ1n) is 4.28. The van der Waals surface area contributed by atoms with Gasteiger partial charge in [0.2, 0.25) is 0 Å². The van der Waals surface area contributed by atoms with Gasteiger partial charge in [-0.15, -0.1) is 0 Å². The molecule has 1 unspecified atom stereocenters. The van der Waals surface area contributed by atoms with E-state index in [0.29, 0.717) is 0 Å². The molecule has 0 aromatic carbocycles. The van der Waals surface area contributed by atoms with Crippen molar-refractivity contribution in [1.82, 2.24) is 14.8 Å². The molecule has 0 saturated heterocycles. The Labute approximate surface area is 72.8 Å². The van der Waals surface area contributed by atoms with Crippen LogP contribution in [0.15, 0.2) is 0 Å². The van der Waals surface area contributed by atoms with Crippen LogP contribution in [0.5, 0.6) is 0 Å². The van der Waals surface area contributed by atoms with Crippen molar-refractivity contribution in [3.8, 4) is 0 Å². The zero-order chi connectivity index (χ0) is 9.14. The van der Waals surface area contributed by atoms with Crippen molar-refractivity contribution in [2.75, 3.05) is 0 Å². The van der Waals surface area contributed by atoms with Gasteiger partial charge in [0, 0.05) is 7.05 Å². The molecule has 0 aliphatic rings. The van der Waals surface area contributed by atoms with Crippen molar-refractivity contribution in [2.45, 2.75) is 32.7 Å². The standard InChI is InChI=1S/C8H16N4/c1-4-5-7(9)8-10-6(2)11-12(8)3/h7H,4-5,9H2,1-3H3. The Bertz CT molecular complexity index is 254. The molecule has 0 aliphatic heterocycles. The molecule has 0 spiro atoms. The summed E-state index contributed by atoms with van der Waals surface area (Å²) in [4.78, 5) is 4.26. The van der Waals surface area contributed by atoms with Crippen LogP contribution in [-0.2, 0) is 7.05 Å². The van der Waals surface area contributed by atoms with Gasteiger partial charge >= 0.3 is 0 Å². The van der Waals surface area contributed by atoms with Gasteiger partial charge in [0.15, 0.2) is 0 Å². The predicted molar refractivity (Wildman–Crippen MR) is 47.6 cm³/mol. The number of hydrogen-bond acceptors (Lipinski definition) is 3. The van der Waals surface area contributed by atoms with Crippen LogP contribution in [0.4, 0.5) is 0 Å². The molecule has 0 fully saturated rings. The Morgan fingerprint density at radius 3 is 2.67 bits per heavy atom. The second-order valence-electron chi connectivity index (χ2n) is 3.04. The lowest BCUT2D eigenvalue weighted by Crippen LogP contribution is -2.15. The van der Waals surface area contributed by atoms with Gasteiger partial charge in [-0.25, -0.2) is 4.98 Å². The predicted octanol–water partition coefficient (Wildman–Crippen LogP) is 0.923. The summed E-state index contributed by atoms with van der Waals surface area (Å²) in [6.45, 7) is 3.99. The fourth-order valence-corrected chi connectivity index (χ4v) is 1.29. The molecule has 1 atom stereocenters. The maximum atomic E-state index is 5.90. The molecule has 0 saturated carbocycles. The lowest BCUT2D eigenvalue weighted by molar-refractivity contribution is 0.561. The zero-order valence-corrected chi connectivity index (χ0v) is 7.91. The van der Waals surface area contributed by atoms with Crippen LogP contribution in [0.2, 0.25) is 0 Å². The molecule has 0 bridgehead atoms. The van der Waals surface area contributed by atoms with Crippen molar-refractivity contribution < 1.29 is 0 Å². The topological polar surface area (TPSA) is 56.7 Å². The van der Waals surface area contributed by atoms with Gasteiger partial charge in [-0.3, -0.25) is 4.68 Å². The van der Waals surface area contributed by atoms with Gasteiger partial charge in [-0.2, -0.15) is 5.10 Å². The van der Waals surface area contributed by atoms with Gasteiger partial charge in [0.1, 0.15) is 11.6 Å². The first-order chi connectivity index (χ1) is 5.65. The Morgan fingerprint density at radius 2 is 2.25 bits per heavy atom. The normalized spacial score (nSPS) is 13.3. The van der Waals surface area contributed by atoms with Crippen LogP contribution < -0.4 is 5.73 Å². The van der Waals surface area contributed by atoms with Crippen molar-refractivity contribution >= 4 is 0 Å². The monoisotopic (exact) mass is 168 g/mol. The fourth-order valence-electron chi connectivity index (χ4n) is 1.29. The van der Waals surface area contributed by atoms with Gasteiger partial charge in [0.05, 0.1) is 6.04 Å². The SMILES string of the molecule is CCCC(N)c1nc(C)nn1C. The van der Waals surface area contributed by atoms with Crippen LogP contribution in [-0.4, -0.2) is 14.8 Å². The summed E-state index contributed by atoms with van der Waals surface area (Å²) in [6, 6.07) is 0.0289. The quantitative estimate of drug-likeness (QED) is 0.730. The van der Waals surface area contributed by atoms with Crippen molar-refractivity contribution in [3.63, 3.8) is 0 Å². The number of nitrogens with two attached hydrogens (primary N) is 1. The molecule has 68 valence electrons. The molecule has 4 heteroatoms.